The van der Waals surface area contributed by atoms with Gasteiger partial charge in [-0.3, -0.25) is 4.79 Å². The van der Waals surface area contributed by atoms with Crippen LogP contribution in [-0.2, 0) is 14.3 Å². The molecule has 0 aromatic rings. The largest absolute Gasteiger partial charge is 0.464 e. The number of likely N-dealkylation sites (tertiary alicyclic amines) is 1. The molecule has 1 aliphatic heterocycles. The molecule has 1 amide bonds. The van der Waals surface area contributed by atoms with E-state index >= 15 is 0 Å². The average Bonchev–Trinajstić information content (AvgIpc) is 2.16. The van der Waals surface area contributed by atoms with Crippen molar-refractivity contribution in [1.29, 1.82) is 0 Å². The van der Waals surface area contributed by atoms with E-state index in [0.717, 1.165) is 0 Å². The topological polar surface area (TPSA) is 55.8 Å². The van der Waals surface area contributed by atoms with Gasteiger partial charge >= 0.3 is 6.09 Å². The highest BCUT2D eigenvalue weighted by Gasteiger charge is 2.27. The summed E-state index contributed by atoms with van der Waals surface area (Å²) in [6.07, 6.45) is 1.00. The summed E-state index contributed by atoms with van der Waals surface area (Å²) < 4.78 is 10.1. The Balaban J connectivity index is 2.36. The molecule has 0 saturated carbocycles. The van der Waals surface area contributed by atoms with Gasteiger partial charge in [0.1, 0.15) is 11.7 Å². The van der Waals surface area contributed by atoms with Crippen LogP contribution in [0.3, 0.4) is 0 Å². The molecule has 0 aromatic carbocycles. The SMILES string of the molecule is CC(C)(C)OC(=O)N1CCC(OC=O)CC1. The maximum Gasteiger partial charge on any atom is 0.410 e. The van der Waals surface area contributed by atoms with E-state index in [1.165, 1.54) is 0 Å². The molecule has 0 aromatic heterocycles. The third kappa shape index (κ3) is 4.08. The zero-order chi connectivity index (χ0) is 12.2. The summed E-state index contributed by atoms with van der Waals surface area (Å²) >= 11 is 0. The van der Waals surface area contributed by atoms with Crippen molar-refractivity contribution in [2.75, 3.05) is 13.1 Å². The van der Waals surface area contributed by atoms with E-state index in [0.29, 0.717) is 32.4 Å². The molecule has 1 fully saturated rings. The van der Waals surface area contributed by atoms with Gasteiger partial charge in [-0.05, 0) is 20.8 Å². The Morgan fingerprint density at radius 3 is 2.31 bits per heavy atom. The van der Waals surface area contributed by atoms with Crippen LogP contribution in [0.5, 0.6) is 0 Å². The number of nitrogens with zero attached hydrogens (tertiary/aromatic N) is 1. The maximum atomic E-state index is 11.7. The first-order valence-electron chi connectivity index (χ1n) is 5.49. The number of piperidine rings is 1. The third-order valence-corrected chi connectivity index (χ3v) is 2.34. The van der Waals surface area contributed by atoms with Gasteiger partial charge in [-0.1, -0.05) is 0 Å². The lowest BCUT2D eigenvalue weighted by Crippen LogP contribution is -2.43. The predicted molar refractivity (Wildman–Crippen MR) is 58.0 cm³/mol. The monoisotopic (exact) mass is 229 g/mol. The number of hydrogen-bond acceptors (Lipinski definition) is 4. The van der Waals surface area contributed by atoms with Gasteiger partial charge in [-0.25, -0.2) is 4.79 Å². The van der Waals surface area contributed by atoms with Crippen LogP contribution in [0.25, 0.3) is 0 Å². The van der Waals surface area contributed by atoms with Gasteiger partial charge in [0.25, 0.3) is 6.47 Å². The van der Waals surface area contributed by atoms with Gasteiger partial charge in [0, 0.05) is 25.9 Å². The number of carbonyl (C=O) groups is 2. The fraction of sp³-hybridized carbons (Fsp3) is 0.818. The van der Waals surface area contributed by atoms with Crippen molar-refractivity contribution in [2.45, 2.75) is 45.3 Å². The molecule has 1 aliphatic rings. The number of amides is 1. The normalized spacial score (nSPS) is 18.1. The lowest BCUT2D eigenvalue weighted by molar-refractivity contribution is -0.135. The molecule has 16 heavy (non-hydrogen) atoms. The first kappa shape index (κ1) is 12.8. The Morgan fingerprint density at radius 1 is 1.31 bits per heavy atom. The van der Waals surface area contributed by atoms with Crippen molar-refractivity contribution < 1.29 is 19.1 Å². The minimum Gasteiger partial charge on any atom is -0.464 e. The Kier molecular flexibility index (Phi) is 4.15. The summed E-state index contributed by atoms with van der Waals surface area (Å²) in [5, 5.41) is 0. The molecule has 0 spiro atoms. The second kappa shape index (κ2) is 5.18. The summed E-state index contributed by atoms with van der Waals surface area (Å²) in [7, 11) is 0. The van der Waals surface area contributed by atoms with Crippen LogP contribution >= 0.6 is 0 Å². The third-order valence-electron chi connectivity index (χ3n) is 2.34. The lowest BCUT2D eigenvalue weighted by Gasteiger charge is -2.32. The van der Waals surface area contributed by atoms with Crippen molar-refractivity contribution in [3.63, 3.8) is 0 Å². The molecule has 1 saturated heterocycles. The molecular formula is C11H19NO4. The molecule has 0 aliphatic carbocycles. The first-order chi connectivity index (χ1) is 7.42. The highest BCUT2D eigenvalue weighted by atomic mass is 16.6. The van der Waals surface area contributed by atoms with Crippen LogP contribution in [0.15, 0.2) is 0 Å². The van der Waals surface area contributed by atoms with Crippen molar-refractivity contribution in [1.82, 2.24) is 4.90 Å². The Bertz CT molecular complexity index is 251. The predicted octanol–water partition coefficient (Wildman–Crippen LogP) is 1.56. The second-order valence-corrected chi connectivity index (χ2v) is 4.90. The summed E-state index contributed by atoms with van der Waals surface area (Å²) in [5.41, 5.74) is -0.465. The van der Waals surface area contributed by atoms with E-state index in [-0.39, 0.29) is 12.2 Å². The van der Waals surface area contributed by atoms with E-state index in [4.69, 9.17) is 9.47 Å². The van der Waals surface area contributed by atoms with E-state index in [1.54, 1.807) is 4.90 Å². The van der Waals surface area contributed by atoms with E-state index in [9.17, 15) is 9.59 Å². The van der Waals surface area contributed by atoms with E-state index in [1.807, 2.05) is 20.8 Å². The lowest BCUT2D eigenvalue weighted by atomic mass is 10.1. The van der Waals surface area contributed by atoms with Crippen molar-refractivity contribution in [2.24, 2.45) is 0 Å². The first-order valence-corrected chi connectivity index (χ1v) is 5.49. The van der Waals surface area contributed by atoms with Gasteiger partial charge in [0.15, 0.2) is 0 Å². The van der Waals surface area contributed by atoms with Crippen LogP contribution in [0, 0.1) is 0 Å². The molecule has 0 N–H and O–H groups in total. The van der Waals surface area contributed by atoms with Crippen molar-refractivity contribution >= 4 is 12.6 Å². The van der Waals surface area contributed by atoms with Crippen molar-refractivity contribution in [3.05, 3.63) is 0 Å². The van der Waals surface area contributed by atoms with Gasteiger partial charge in [0.2, 0.25) is 0 Å². The molecule has 5 heteroatoms. The number of rotatable bonds is 2. The zero-order valence-electron chi connectivity index (χ0n) is 10.1. The number of hydrogen-bond donors (Lipinski definition) is 0. The molecule has 0 unspecified atom stereocenters. The summed E-state index contributed by atoms with van der Waals surface area (Å²) in [5.74, 6) is 0. The molecular weight excluding hydrogens is 210 g/mol. The van der Waals surface area contributed by atoms with Gasteiger partial charge in [-0.2, -0.15) is 0 Å². The summed E-state index contributed by atoms with van der Waals surface area (Å²) in [4.78, 5) is 23.5. The van der Waals surface area contributed by atoms with Crippen LogP contribution in [0.1, 0.15) is 33.6 Å². The Morgan fingerprint density at radius 2 is 1.88 bits per heavy atom. The van der Waals surface area contributed by atoms with Crippen LogP contribution < -0.4 is 0 Å². The molecule has 1 heterocycles. The van der Waals surface area contributed by atoms with Gasteiger partial charge < -0.3 is 14.4 Å². The quantitative estimate of drug-likeness (QED) is 0.674. The minimum atomic E-state index is -0.465. The summed E-state index contributed by atoms with van der Waals surface area (Å²) in [6, 6.07) is 0. The fourth-order valence-corrected chi connectivity index (χ4v) is 1.58. The molecule has 0 atom stereocenters. The second-order valence-electron chi connectivity index (χ2n) is 4.90. The Labute approximate surface area is 95.7 Å². The molecule has 92 valence electrons. The minimum absolute atomic E-state index is 0.0591. The smallest absolute Gasteiger partial charge is 0.410 e. The average molecular weight is 229 g/mol. The highest BCUT2D eigenvalue weighted by molar-refractivity contribution is 5.68. The Hall–Kier alpha value is -1.26. The molecule has 0 bridgehead atoms. The van der Waals surface area contributed by atoms with E-state index in [2.05, 4.69) is 0 Å². The van der Waals surface area contributed by atoms with Crippen molar-refractivity contribution in [3.8, 4) is 0 Å². The van der Waals surface area contributed by atoms with Crippen LogP contribution in [-0.4, -0.2) is 42.3 Å². The van der Waals surface area contributed by atoms with Crippen LogP contribution in [0.4, 0.5) is 4.79 Å². The standard InChI is InChI=1S/C11H19NO4/c1-11(2,3)16-10(14)12-6-4-9(5-7-12)15-8-13/h8-9H,4-7H2,1-3H3. The molecule has 0 radical (unpaired) electrons. The summed E-state index contributed by atoms with van der Waals surface area (Å²) in [6.45, 7) is 7.14. The fourth-order valence-electron chi connectivity index (χ4n) is 1.58. The zero-order valence-corrected chi connectivity index (χ0v) is 10.1. The van der Waals surface area contributed by atoms with Gasteiger partial charge in [0.05, 0.1) is 0 Å². The number of ether oxygens (including phenoxy) is 2. The number of carbonyl (C=O) groups excluding carboxylic acids is 2. The molecule has 1 rings (SSSR count). The highest BCUT2D eigenvalue weighted by Crippen LogP contribution is 2.16. The molecule has 5 nitrogen and oxygen atoms in total. The van der Waals surface area contributed by atoms with Crippen LogP contribution in [0.2, 0.25) is 0 Å². The van der Waals surface area contributed by atoms with E-state index < -0.39 is 5.60 Å². The van der Waals surface area contributed by atoms with Gasteiger partial charge in [-0.15, -0.1) is 0 Å². The maximum absolute atomic E-state index is 11.7.